The van der Waals surface area contributed by atoms with Gasteiger partial charge in [-0.1, -0.05) is 29.8 Å². The summed E-state index contributed by atoms with van der Waals surface area (Å²) in [5, 5.41) is 19.6. The van der Waals surface area contributed by atoms with Crippen LogP contribution in [0.15, 0.2) is 51.9 Å². The van der Waals surface area contributed by atoms with Gasteiger partial charge in [0.1, 0.15) is 17.1 Å². The third kappa shape index (κ3) is 9.59. The number of likely N-dealkylation sites (N-methyl/N-ethyl adjacent to an activating group) is 1. The molecule has 1 aliphatic rings. The van der Waals surface area contributed by atoms with Crippen LogP contribution in [0.3, 0.4) is 0 Å². The van der Waals surface area contributed by atoms with Crippen LogP contribution < -0.4 is 15.4 Å². The van der Waals surface area contributed by atoms with Crippen molar-refractivity contribution in [2.45, 2.75) is 84.0 Å². The lowest BCUT2D eigenvalue weighted by Gasteiger charge is -2.35. The van der Waals surface area contributed by atoms with Gasteiger partial charge in [-0.25, -0.2) is 13.2 Å². The molecular weight excluding hydrogens is 650 g/mol. The molecule has 4 rings (SSSR count). The zero-order valence-corrected chi connectivity index (χ0v) is 30.2. The Morgan fingerprint density at radius 2 is 1.82 bits per heavy atom. The van der Waals surface area contributed by atoms with Gasteiger partial charge in [0.05, 0.1) is 35.3 Å². The Labute approximate surface area is 289 Å². The van der Waals surface area contributed by atoms with Crippen LogP contribution in [0.4, 0.5) is 16.2 Å². The Kier molecular flexibility index (Phi) is 12.8. The monoisotopic (exact) mass is 699 g/mol. The quantitative estimate of drug-likeness (QED) is 0.281. The fraction of sp³-hybridized carbons (Fsp3) is 0.514. The van der Waals surface area contributed by atoms with Crippen molar-refractivity contribution in [3.05, 3.63) is 65.0 Å². The van der Waals surface area contributed by atoms with Crippen LogP contribution in [0.5, 0.6) is 5.75 Å². The number of nitrogens with zero attached hydrogens (tertiary/aromatic N) is 3. The van der Waals surface area contributed by atoms with Crippen molar-refractivity contribution in [1.29, 1.82) is 0 Å². The summed E-state index contributed by atoms with van der Waals surface area (Å²) in [6.45, 7) is 11.2. The molecule has 0 aliphatic carbocycles. The molecule has 3 N–H and O–H groups in total. The van der Waals surface area contributed by atoms with E-state index in [1.165, 1.54) is 11.4 Å². The van der Waals surface area contributed by atoms with E-state index in [-0.39, 0.29) is 42.2 Å². The molecule has 0 saturated carbocycles. The van der Waals surface area contributed by atoms with Crippen LogP contribution in [-0.2, 0) is 14.8 Å². The molecule has 1 aliphatic heterocycles. The number of aliphatic hydroxyl groups is 1. The van der Waals surface area contributed by atoms with Crippen molar-refractivity contribution in [1.82, 2.24) is 14.4 Å². The summed E-state index contributed by atoms with van der Waals surface area (Å²) in [6.07, 6.45) is 1.42. The highest BCUT2D eigenvalue weighted by atomic mass is 32.2. The lowest BCUT2D eigenvalue weighted by atomic mass is 10.0. The minimum Gasteiger partial charge on any atom is -0.490 e. The molecule has 0 bridgehead atoms. The molecule has 0 saturated heterocycles. The van der Waals surface area contributed by atoms with Crippen molar-refractivity contribution in [3.63, 3.8) is 0 Å². The van der Waals surface area contributed by atoms with E-state index in [1.807, 2.05) is 20.8 Å². The zero-order chi connectivity index (χ0) is 35.9. The third-order valence-electron chi connectivity index (χ3n) is 8.75. The molecule has 2 heterocycles. The lowest BCUT2D eigenvalue weighted by molar-refractivity contribution is -0.00833. The summed E-state index contributed by atoms with van der Waals surface area (Å²) in [5.74, 6) is 0.0629. The van der Waals surface area contributed by atoms with E-state index in [0.29, 0.717) is 41.6 Å². The summed E-state index contributed by atoms with van der Waals surface area (Å²) in [5.41, 5.74) is 2.50. The molecule has 0 fully saturated rings. The number of carbonyl (C=O) groups is 2. The molecule has 0 radical (unpaired) electrons. The SMILES string of the molecule is Cc1ccc(S(=O)(=O)N(C)C[C@@H]2OCCCC[C@H](C)Oc3ccc(NC(=O)Nc4c(C)noc4C)cc3C(=O)N([C@H](C)CO)C[C@@H]2C)cc1. The van der Waals surface area contributed by atoms with Crippen molar-refractivity contribution in [3.8, 4) is 5.75 Å². The van der Waals surface area contributed by atoms with E-state index in [1.54, 1.807) is 68.1 Å². The summed E-state index contributed by atoms with van der Waals surface area (Å²) in [4.78, 5) is 29.0. The van der Waals surface area contributed by atoms with E-state index in [4.69, 9.17) is 14.0 Å². The minimum atomic E-state index is -3.80. The number of carbonyl (C=O) groups excluding carboxylic acids is 2. The standard InChI is InChI=1S/C35H49N5O8S/c1-22-11-14-29(15-12-22)49(44,45)39(7)20-32-23(2)19-40(24(3)21-41)34(42)30-18-28(36-35(43)37-33-26(5)38-48-27(33)6)13-16-31(30)47-25(4)10-8-9-17-46-32/h11-16,18,23-25,32,41H,8-10,17,19-21H2,1-7H3,(H2,36,37,43)/t23-,24+,25-,32-/m0/s1. The first kappa shape index (κ1) is 37.8. The van der Waals surface area contributed by atoms with E-state index >= 15 is 0 Å². The molecule has 3 amide bonds. The number of rotatable bonds is 8. The van der Waals surface area contributed by atoms with E-state index in [2.05, 4.69) is 15.8 Å². The molecule has 1 aromatic heterocycles. The van der Waals surface area contributed by atoms with Crippen LogP contribution in [0.25, 0.3) is 0 Å². The van der Waals surface area contributed by atoms with Gasteiger partial charge >= 0.3 is 6.03 Å². The highest BCUT2D eigenvalue weighted by Crippen LogP contribution is 2.29. The van der Waals surface area contributed by atoms with E-state index < -0.39 is 34.1 Å². The highest BCUT2D eigenvalue weighted by molar-refractivity contribution is 7.89. The van der Waals surface area contributed by atoms with Gasteiger partial charge in [-0.05, 0) is 84.2 Å². The summed E-state index contributed by atoms with van der Waals surface area (Å²) >= 11 is 0. The van der Waals surface area contributed by atoms with Crippen LogP contribution in [-0.4, -0.2) is 91.4 Å². The van der Waals surface area contributed by atoms with Crippen LogP contribution in [0, 0.1) is 26.7 Å². The molecule has 49 heavy (non-hydrogen) atoms. The first-order chi connectivity index (χ1) is 23.2. The first-order valence-electron chi connectivity index (χ1n) is 16.6. The third-order valence-corrected chi connectivity index (χ3v) is 10.6. The molecule has 2 aromatic carbocycles. The number of aromatic nitrogens is 1. The van der Waals surface area contributed by atoms with Crippen molar-refractivity contribution in [2.75, 3.05) is 44.0 Å². The number of aryl methyl sites for hydroxylation is 3. The van der Waals surface area contributed by atoms with E-state index in [9.17, 15) is 23.1 Å². The van der Waals surface area contributed by atoms with Crippen LogP contribution >= 0.6 is 0 Å². The predicted octanol–water partition coefficient (Wildman–Crippen LogP) is 5.36. The Bertz CT molecular complexity index is 1670. The summed E-state index contributed by atoms with van der Waals surface area (Å²) < 4.78 is 46.0. The maximum Gasteiger partial charge on any atom is 0.323 e. The molecule has 268 valence electrons. The molecule has 14 heteroatoms. The number of aliphatic hydroxyl groups excluding tert-OH is 1. The molecule has 0 spiro atoms. The van der Waals surface area contributed by atoms with Gasteiger partial charge in [0.2, 0.25) is 10.0 Å². The smallest absolute Gasteiger partial charge is 0.323 e. The normalized spacial score (nSPS) is 20.2. The van der Waals surface area contributed by atoms with Crippen molar-refractivity contribution in [2.24, 2.45) is 5.92 Å². The maximum atomic E-state index is 14.4. The van der Waals surface area contributed by atoms with Gasteiger partial charge in [0.25, 0.3) is 5.91 Å². The second-order valence-corrected chi connectivity index (χ2v) is 14.9. The maximum absolute atomic E-state index is 14.4. The number of hydrogen-bond acceptors (Lipinski definition) is 9. The summed E-state index contributed by atoms with van der Waals surface area (Å²) in [7, 11) is -2.27. The zero-order valence-electron chi connectivity index (χ0n) is 29.4. The number of nitrogens with one attached hydrogen (secondary N) is 2. The Morgan fingerprint density at radius 3 is 2.47 bits per heavy atom. The van der Waals surface area contributed by atoms with Crippen LogP contribution in [0.1, 0.15) is 67.4 Å². The molecule has 4 atom stereocenters. The second kappa shape index (κ2) is 16.6. The topological polar surface area (TPSA) is 164 Å². The number of sulfonamides is 1. The molecule has 13 nitrogen and oxygen atoms in total. The number of fused-ring (bicyclic) bond motifs is 1. The number of anilines is 2. The van der Waals surface area contributed by atoms with Gasteiger partial charge in [0.15, 0.2) is 5.76 Å². The lowest BCUT2D eigenvalue weighted by Crippen LogP contribution is -2.48. The fourth-order valence-electron chi connectivity index (χ4n) is 5.64. The summed E-state index contributed by atoms with van der Waals surface area (Å²) in [6, 6.07) is 10.4. The Hall–Kier alpha value is -3.98. The minimum absolute atomic E-state index is 0.0668. The van der Waals surface area contributed by atoms with Crippen LogP contribution in [0.2, 0.25) is 0 Å². The second-order valence-electron chi connectivity index (χ2n) is 12.9. The van der Waals surface area contributed by atoms with Gasteiger partial charge < -0.3 is 34.6 Å². The van der Waals surface area contributed by atoms with Gasteiger partial charge in [-0.2, -0.15) is 4.31 Å². The number of hydrogen-bond donors (Lipinski definition) is 3. The van der Waals surface area contributed by atoms with E-state index in [0.717, 1.165) is 18.4 Å². The van der Waals surface area contributed by atoms with Gasteiger partial charge in [-0.15, -0.1) is 0 Å². The number of benzene rings is 2. The Balaban J connectivity index is 1.63. The Morgan fingerprint density at radius 1 is 1.10 bits per heavy atom. The average Bonchev–Trinajstić information content (AvgIpc) is 3.38. The average molecular weight is 700 g/mol. The predicted molar refractivity (Wildman–Crippen MR) is 186 cm³/mol. The number of ether oxygens (including phenoxy) is 2. The number of urea groups is 1. The number of amides is 3. The highest BCUT2D eigenvalue weighted by Gasteiger charge is 2.32. The van der Waals surface area contributed by atoms with Gasteiger partial charge in [-0.3, -0.25) is 4.79 Å². The molecule has 3 aromatic rings. The van der Waals surface area contributed by atoms with Gasteiger partial charge in [0, 0.05) is 38.3 Å². The molecule has 0 unspecified atom stereocenters. The first-order valence-corrected chi connectivity index (χ1v) is 18.0. The van der Waals surface area contributed by atoms with Crippen molar-refractivity contribution < 1.29 is 37.1 Å². The largest absolute Gasteiger partial charge is 0.490 e. The fourth-order valence-corrected chi connectivity index (χ4v) is 6.83. The molecular formula is C35H49N5O8S. The van der Waals surface area contributed by atoms with Crippen molar-refractivity contribution >= 4 is 33.3 Å².